The molecular weight excluding hydrogens is 443 g/mol. The summed E-state index contributed by atoms with van der Waals surface area (Å²) in [5.74, 6) is -1.59. The SMILES string of the molecule is CCOC(=O)c1cnn(-c2ccc(NC(=O)c3cnc4onc(C)c4c3)cc2)c1C(F)(F)F. The van der Waals surface area contributed by atoms with Crippen molar-refractivity contribution in [2.45, 2.75) is 20.0 Å². The van der Waals surface area contributed by atoms with E-state index in [0.717, 1.165) is 6.20 Å². The lowest BCUT2D eigenvalue weighted by Gasteiger charge is -2.13. The standard InChI is InChI=1S/C21H16F3N5O4/c1-3-32-20(31)16-10-26-29(17(16)21(22,23)24)14-6-4-13(5-7-14)27-18(30)12-8-15-11(2)28-33-19(15)25-9-12/h4-10H,3H2,1-2H3,(H,27,30). The number of nitrogens with one attached hydrogen (secondary N) is 1. The van der Waals surface area contributed by atoms with E-state index in [2.05, 4.69) is 20.6 Å². The second-order valence-corrected chi connectivity index (χ2v) is 6.88. The van der Waals surface area contributed by atoms with Gasteiger partial charge < -0.3 is 14.6 Å². The van der Waals surface area contributed by atoms with Crippen LogP contribution in [0.2, 0.25) is 0 Å². The van der Waals surface area contributed by atoms with Crippen LogP contribution in [-0.4, -0.2) is 38.4 Å². The van der Waals surface area contributed by atoms with E-state index in [0.29, 0.717) is 27.2 Å². The maximum absolute atomic E-state index is 13.6. The highest BCUT2D eigenvalue weighted by Gasteiger charge is 2.41. The van der Waals surface area contributed by atoms with Crippen LogP contribution < -0.4 is 5.32 Å². The van der Waals surface area contributed by atoms with Gasteiger partial charge in [-0.15, -0.1) is 0 Å². The molecule has 0 aliphatic heterocycles. The summed E-state index contributed by atoms with van der Waals surface area (Å²) >= 11 is 0. The number of pyridine rings is 1. The van der Waals surface area contributed by atoms with Crippen molar-refractivity contribution in [1.82, 2.24) is 19.9 Å². The molecule has 4 aromatic rings. The lowest BCUT2D eigenvalue weighted by atomic mass is 10.2. The minimum absolute atomic E-state index is 0.0408. The number of amides is 1. The summed E-state index contributed by atoms with van der Waals surface area (Å²) in [6, 6.07) is 7.07. The lowest BCUT2D eigenvalue weighted by Crippen LogP contribution is -2.18. The average Bonchev–Trinajstić information content (AvgIpc) is 3.39. The number of rotatable bonds is 5. The van der Waals surface area contributed by atoms with Gasteiger partial charge in [0.2, 0.25) is 0 Å². The van der Waals surface area contributed by atoms with E-state index in [1.807, 2.05) is 0 Å². The van der Waals surface area contributed by atoms with Gasteiger partial charge in [-0.3, -0.25) is 4.79 Å². The van der Waals surface area contributed by atoms with Crippen LogP contribution in [0.1, 0.15) is 39.0 Å². The van der Waals surface area contributed by atoms with Gasteiger partial charge in [0, 0.05) is 11.9 Å². The van der Waals surface area contributed by atoms with Gasteiger partial charge in [-0.2, -0.15) is 18.3 Å². The summed E-state index contributed by atoms with van der Waals surface area (Å²) in [5, 5.41) is 10.7. The number of hydrogen-bond acceptors (Lipinski definition) is 7. The normalized spacial score (nSPS) is 11.5. The van der Waals surface area contributed by atoms with Crippen molar-refractivity contribution in [1.29, 1.82) is 0 Å². The number of carbonyl (C=O) groups is 2. The molecule has 0 fully saturated rings. The summed E-state index contributed by atoms with van der Waals surface area (Å²) in [4.78, 5) is 28.5. The molecule has 0 bridgehead atoms. The molecule has 0 saturated carbocycles. The zero-order valence-electron chi connectivity index (χ0n) is 17.3. The first-order valence-electron chi connectivity index (χ1n) is 9.65. The number of aromatic nitrogens is 4. The average molecular weight is 459 g/mol. The van der Waals surface area contributed by atoms with Gasteiger partial charge in [0.05, 0.1) is 35.1 Å². The van der Waals surface area contributed by atoms with Gasteiger partial charge >= 0.3 is 12.1 Å². The second kappa shape index (κ2) is 8.37. The Morgan fingerprint density at radius 2 is 1.91 bits per heavy atom. The number of halogens is 3. The van der Waals surface area contributed by atoms with Crippen LogP contribution in [0.3, 0.4) is 0 Å². The number of alkyl halides is 3. The number of aryl methyl sites for hydroxylation is 1. The number of hydrogen-bond donors (Lipinski definition) is 1. The van der Waals surface area contributed by atoms with Crippen LogP contribution in [0.5, 0.6) is 0 Å². The fourth-order valence-corrected chi connectivity index (χ4v) is 3.13. The first kappa shape index (κ1) is 22.0. The minimum atomic E-state index is -4.85. The number of nitrogens with zero attached hydrogens (tertiary/aromatic N) is 4. The zero-order valence-corrected chi connectivity index (χ0v) is 17.3. The third-order valence-electron chi connectivity index (χ3n) is 4.67. The largest absolute Gasteiger partial charge is 0.462 e. The molecule has 0 aliphatic carbocycles. The Hall–Kier alpha value is -4.22. The van der Waals surface area contributed by atoms with Crippen LogP contribution in [0, 0.1) is 6.92 Å². The highest BCUT2D eigenvalue weighted by Crippen LogP contribution is 2.34. The van der Waals surface area contributed by atoms with Gasteiger partial charge in [0.25, 0.3) is 11.6 Å². The Balaban J connectivity index is 1.59. The molecule has 9 nitrogen and oxygen atoms in total. The molecule has 0 saturated heterocycles. The van der Waals surface area contributed by atoms with E-state index in [1.54, 1.807) is 13.0 Å². The van der Waals surface area contributed by atoms with Crippen LogP contribution >= 0.6 is 0 Å². The van der Waals surface area contributed by atoms with Crippen molar-refractivity contribution in [2.24, 2.45) is 0 Å². The third-order valence-corrected chi connectivity index (χ3v) is 4.67. The lowest BCUT2D eigenvalue weighted by molar-refractivity contribution is -0.143. The number of carbonyl (C=O) groups excluding carboxylic acids is 2. The van der Waals surface area contributed by atoms with Crippen LogP contribution in [0.4, 0.5) is 18.9 Å². The highest BCUT2D eigenvalue weighted by atomic mass is 19.4. The highest BCUT2D eigenvalue weighted by molar-refractivity contribution is 6.05. The number of anilines is 1. The molecule has 33 heavy (non-hydrogen) atoms. The van der Waals surface area contributed by atoms with Crippen LogP contribution in [0.15, 0.2) is 47.2 Å². The van der Waals surface area contributed by atoms with Crippen molar-refractivity contribution in [3.05, 3.63) is 65.2 Å². The molecule has 12 heteroatoms. The van der Waals surface area contributed by atoms with E-state index >= 15 is 0 Å². The molecule has 0 unspecified atom stereocenters. The van der Waals surface area contributed by atoms with E-state index in [-0.39, 0.29) is 17.9 Å². The Bertz CT molecular complexity index is 1340. The Kier molecular flexibility index (Phi) is 5.58. The monoisotopic (exact) mass is 459 g/mol. The zero-order chi connectivity index (χ0) is 23.8. The Morgan fingerprint density at radius 3 is 2.58 bits per heavy atom. The predicted molar refractivity (Wildman–Crippen MR) is 109 cm³/mol. The molecule has 0 atom stereocenters. The van der Waals surface area contributed by atoms with E-state index < -0.39 is 29.3 Å². The Morgan fingerprint density at radius 1 is 1.18 bits per heavy atom. The second-order valence-electron chi connectivity index (χ2n) is 6.88. The Labute approximate surface area is 184 Å². The molecule has 3 heterocycles. The smallest absolute Gasteiger partial charge is 0.434 e. The van der Waals surface area contributed by atoms with Crippen molar-refractivity contribution >= 4 is 28.7 Å². The van der Waals surface area contributed by atoms with E-state index in [9.17, 15) is 22.8 Å². The van der Waals surface area contributed by atoms with Gasteiger partial charge in [0.15, 0.2) is 5.69 Å². The third kappa shape index (κ3) is 4.27. The number of benzene rings is 1. The molecule has 1 amide bonds. The summed E-state index contributed by atoms with van der Waals surface area (Å²) < 4.78 is 51.2. The summed E-state index contributed by atoms with van der Waals surface area (Å²) in [6.07, 6.45) is -2.71. The molecular formula is C21H16F3N5O4. The van der Waals surface area contributed by atoms with Gasteiger partial charge in [-0.25, -0.2) is 14.5 Å². The molecule has 0 radical (unpaired) electrons. The summed E-state index contributed by atoms with van der Waals surface area (Å²) in [6.45, 7) is 3.13. The summed E-state index contributed by atoms with van der Waals surface area (Å²) in [7, 11) is 0. The van der Waals surface area contributed by atoms with Gasteiger partial charge in [-0.1, -0.05) is 5.16 Å². The molecule has 170 valence electrons. The van der Waals surface area contributed by atoms with Gasteiger partial charge in [0.1, 0.15) is 5.56 Å². The van der Waals surface area contributed by atoms with E-state index in [1.165, 1.54) is 37.4 Å². The molecule has 3 aromatic heterocycles. The topological polar surface area (TPSA) is 112 Å². The fraction of sp³-hybridized carbons (Fsp3) is 0.190. The number of esters is 1. The van der Waals surface area contributed by atoms with Crippen LogP contribution in [-0.2, 0) is 10.9 Å². The molecule has 1 aromatic carbocycles. The van der Waals surface area contributed by atoms with E-state index in [4.69, 9.17) is 9.26 Å². The number of ether oxygens (including phenoxy) is 1. The van der Waals surface area contributed by atoms with Crippen molar-refractivity contribution in [3.8, 4) is 5.69 Å². The van der Waals surface area contributed by atoms with Crippen molar-refractivity contribution < 1.29 is 32.0 Å². The van der Waals surface area contributed by atoms with Crippen molar-refractivity contribution in [2.75, 3.05) is 11.9 Å². The molecule has 1 N–H and O–H groups in total. The van der Waals surface area contributed by atoms with Crippen LogP contribution in [0.25, 0.3) is 16.8 Å². The maximum Gasteiger partial charge on any atom is 0.434 e. The maximum atomic E-state index is 13.6. The first-order chi connectivity index (χ1) is 15.7. The molecule has 4 rings (SSSR count). The number of fused-ring (bicyclic) bond motifs is 1. The van der Waals surface area contributed by atoms with Gasteiger partial charge in [-0.05, 0) is 44.2 Å². The summed E-state index contributed by atoms with van der Waals surface area (Å²) in [5.41, 5.74) is -0.428. The first-order valence-corrected chi connectivity index (χ1v) is 9.65. The quantitative estimate of drug-likeness (QED) is 0.446. The predicted octanol–water partition coefficient (Wildman–Crippen LogP) is 4.16. The van der Waals surface area contributed by atoms with Crippen molar-refractivity contribution in [3.63, 3.8) is 0 Å². The minimum Gasteiger partial charge on any atom is -0.462 e. The molecule has 0 spiro atoms. The fourth-order valence-electron chi connectivity index (χ4n) is 3.13. The molecule has 0 aliphatic rings.